The summed E-state index contributed by atoms with van der Waals surface area (Å²) in [5, 5.41) is 4.94. The molecule has 2 aromatic heterocycles. The maximum Gasteiger partial charge on any atom is 0.0719 e. The first-order chi connectivity index (χ1) is 43.2. The van der Waals surface area contributed by atoms with Gasteiger partial charge >= 0.3 is 0 Å². The lowest BCUT2D eigenvalue weighted by Crippen LogP contribution is -2.29. The van der Waals surface area contributed by atoms with Crippen molar-refractivity contribution in [2.24, 2.45) is 0 Å². The number of rotatable bonds is 10. The molecule has 0 bridgehead atoms. The Kier molecular flexibility index (Phi) is 11.8. The average molecular weight is 1110 g/mol. The molecule has 17 rings (SSSR count). The van der Waals surface area contributed by atoms with Crippen molar-refractivity contribution in [1.29, 1.82) is 0 Å². The van der Waals surface area contributed by atoms with E-state index >= 15 is 0 Å². The van der Waals surface area contributed by atoms with Gasteiger partial charge in [-0.15, -0.1) is 0 Å². The van der Waals surface area contributed by atoms with Crippen LogP contribution in [0.15, 0.2) is 340 Å². The fraction of sp³-hybridized carbons (Fsp3) is 0.0118. The first-order valence-electron chi connectivity index (χ1n) is 30.1. The molecule has 0 fully saturated rings. The zero-order chi connectivity index (χ0) is 57.4. The fourth-order valence-electron chi connectivity index (χ4n) is 14.5. The molecule has 0 amide bonds. The molecule has 1 aliphatic carbocycles. The van der Waals surface area contributed by atoms with E-state index in [-0.39, 0.29) is 0 Å². The highest BCUT2D eigenvalue weighted by molar-refractivity contribution is 6.13. The topological polar surface area (TPSA) is 9.86 Å². The normalized spacial score (nSPS) is 12.5. The first kappa shape index (κ1) is 50.2. The third kappa shape index (κ3) is 8.10. The van der Waals surface area contributed by atoms with Crippen molar-refractivity contribution in [2.75, 3.05) is 0 Å². The van der Waals surface area contributed by atoms with E-state index in [0.29, 0.717) is 0 Å². The monoisotopic (exact) mass is 1100 g/mol. The number of para-hydroxylation sites is 3. The van der Waals surface area contributed by atoms with E-state index in [1.807, 2.05) is 0 Å². The molecular formula is C85H56N2. The molecule has 2 heterocycles. The zero-order valence-electron chi connectivity index (χ0n) is 47.7. The van der Waals surface area contributed by atoms with Gasteiger partial charge in [-0.1, -0.05) is 279 Å². The summed E-state index contributed by atoms with van der Waals surface area (Å²) in [6.45, 7) is 0. The quantitative estimate of drug-likeness (QED) is 0.129. The first-order valence-corrected chi connectivity index (χ1v) is 30.1. The van der Waals surface area contributed by atoms with Gasteiger partial charge < -0.3 is 9.13 Å². The minimum atomic E-state index is -0.488. The number of hydrogen-bond donors (Lipinski definition) is 0. The SMILES string of the molecule is c1ccc(-c2ccc(-n3c4ccccc4c4cc(-c5ccc6c(c5)c5ccccc5n6-c5ccccc5-c5ccc(-c6ccc(-c7cccc(-c8ccccc8C8(c9ccccc9)c9ccccc9-c9ccccc98)c7)cc6)cc5)ccc43)cc2)cc1. The van der Waals surface area contributed by atoms with Gasteiger partial charge in [-0.05, 0) is 155 Å². The summed E-state index contributed by atoms with van der Waals surface area (Å²) in [6, 6.07) is 125. The van der Waals surface area contributed by atoms with Crippen LogP contribution >= 0.6 is 0 Å². The van der Waals surface area contributed by atoms with Crippen LogP contribution < -0.4 is 0 Å². The number of benzene rings is 14. The Hall–Kier alpha value is -11.3. The molecule has 0 spiro atoms. The minimum absolute atomic E-state index is 0.488. The lowest BCUT2D eigenvalue weighted by atomic mass is 9.66. The number of hydrogen-bond acceptors (Lipinski definition) is 0. The lowest BCUT2D eigenvalue weighted by Gasteiger charge is -2.35. The zero-order valence-corrected chi connectivity index (χ0v) is 47.7. The Labute approximate surface area is 506 Å². The van der Waals surface area contributed by atoms with Crippen molar-refractivity contribution in [1.82, 2.24) is 9.13 Å². The van der Waals surface area contributed by atoms with Crippen LogP contribution in [-0.4, -0.2) is 9.13 Å². The molecule has 1 aliphatic rings. The Balaban J connectivity index is 0.676. The Morgan fingerprint density at radius 3 is 1.16 bits per heavy atom. The van der Waals surface area contributed by atoms with Crippen LogP contribution in [0.3, 0.4) is 0 Å². The van der Waals surface area contributed by atoms with Crippen LogP contribution in [0.1, 0.15) is 22.3 Å². The van der Waals surface area contributed by atoms with Crippen LogP contribution in [0.25, 0.3) is 133 Å². The van der Waals surface area contributed by atoms with E-state index in [2.05, 4.69) is 349 Å². The molecule has 0 unspecified atom stereocenters. The highest BCUT2D eigenvalue weighted by atomic mass is 15.0. The molecule has 16 aromatic rings. The summed E-state index contributed by atoms with van der Waals surface area (Å²) >= 11 is 0. The van der Waals surface area contributed by atoms with Gasteiger partial charge in [0.2, 0.25) is 0 Å². The number of fused-ring (bicyclic) bond motifs is 9. The van der Waals surface area contributed by atoms with Crippen molar-refractivity contribution >= 4 is 43.6 Å². The van der Waals surface area contributed by atoms with Gasteiger partial charge in [0.25, 0.3) is 0 Å². The van der Waals surface area contributed by atoms with Gasteiger partial charge in [-0.25, -0.2) is 0 Å². The van der Waals surface area contributed by atoms with Crippen molar-refractivity contribution in [3.63, 3.8) is 0 Å². The average Bonchev–Trinajstić information content (AvgIpc) is 1.66. The highest BCUT2D eigenvalue weighted by Gasteiger charge is 2.47. The molecule has 406 valence electrons. The second kappa shape index (κ2) is 20.5. The van der Waals surface area contributed by atoms with E-state index in [9.17, 15) is 0 Å². The summed E-state index contributed by atoms with van der Waals surface area (Å²) < 4.78 is 4.86. The third-order valence-electron chi connectivity index (χ3n) is 18.5. The molecule has 2 nitrogen and oxygen atoms in total. The predicted molar refractivity (Wildman–Crippen MR) is 365 cm³/mol. The maximum atomic E-state index is 2.46. The second-order valence-electron chi connectivity index (χ2n) is 23.1. The van der Waals surface area contributed by atoms with Crippen molar-refractivity contribution < 1.29 is 0 Å². The maximum absolute atomic E-state index is 2.46. The van der Waals surface area contributed by atoms with Crippen molar-refractivity contribution in [3.8, 4) is 89.3 Å². The van der Waals surface area contributed by atoms with E-state index in [0.717, 1.165) is 11.4 Å². The molecular weight excluding hydrogens is 1050 g/mol. The predicted octanol–water partition coefficient (Wildman–Crippen LogP) is 22.2. The summed E-state index contributed by atoms with van der Waals surface area (Å²) in [4.78, 5) is 0. The molecule has 2 heteroatoms. The fourth-order valence-corrected chi connectivity index (χ4v) is 14.5. The molecule has 0 N–H and O–H groups in total. The van der Waals surface area contributed by atoms with Crippen LogP contribution in [0, 0.1) is 0 Å². The van der Waals surface area contributed by atoms with Crippen LogP contribution in [0.5, 0.6) is 0 Å². The van der Waals surface area contributed by atoms with Gasteiger partial charge in [-0.3, -0.25) is 0 Å². The molecule has 14 aromatic carbocycles. The second-order valence-corrected chi connectivity index (χ2v) is 23.1. The van der Waals surface area contributed by atoms with Gasteiger partial charge in [0.15, 0.2) is 0 Å². The summed E-state index contributed by atoms with van der Waals surface area (Å²) in [5.74, 6) is 0. The molecule has 87 heavy (non-hydrogen) atoms. The Morgan fingerprint density at radius 2 is 0.563 bits per heavy atom. The van der Waals surface area contributed by atoms with Crippen molar-refractivity contribution in [3.05, 3.63) is 362 Å². The van der Waals surface area contributed by atoms with Crippen LogP contribution in [0.4, 0.5) is 0 Å². The van der Waals surface area contributed by atoms with E-state index < -0.39 is 5.41 Å². The van der Waals surface area contributed by atoms with Crippen LogP contribution in [-0.2, 0) is 5.41 Å². The summed E-state index contributed by atoms with van der Waals surface area (Å²) in [7, 11) is 0. The van der Waals surface area contributed by atoms with Gasteiger partial charge in [0.1, 0.15) is 0 Å². The van der Waals surface area contributed by atoms with E-state index in [4.69, 9.17) is 0 Å². The van der Waals surface area contributed by atoms with Gasteiger partial charge in [0, 0.05) is 32.8 Å². The van der Waals surface area contributed by atoms with Crippen molar-refractivity contribution in [2.45, 2.75) is 5.41 Å². The van der Waals surface area contributed by atoms with E-state index in [1.54, 1.807) is 0 Å². The standard InChI is InChI=1S/C85H56N2/c1-3-20-57(21-4-1)60-46-50-68(51-47-60)86-81-36-17-11-30-73(81)75-55-64(48-52-83(75)86)65-49-53-84-76(56-65)74-31-12-18-37-82(74)87(84)80-35-16-10-27-70(80)62-44-42-59(43-45-62)58-38-40-61(41-39-58)63-22-19-23-66(54-63)69-26-7-13-32-77(69)85(67-24-5-2-6-25-67)78-33-14-8-28-71(78)72-29-9-15-34-79(72)85/h1-56H. The molecule has 0 saturated heterocycles. The minimum Gasteiger partial charge on any atom is -0.309 e. The largest absolute Gasteiger partial charge is 0.309 e. The third-order valence-corrected chi connectivity index (χ3v) is 18.5. The lowest BCUT2D eigenvalue weighted by molar-refractivity contribution is 0.770. The number of aromatic nitrogens is 2. The molecule has 0 saturated carbocycles. The van der Waals surface area contributed by atoms with Gasteiger partial charge in [0.05, 0.1) is 33.2 Å². The molecule has 0 radical (unpaired) electrons. The summed E-state index contributed by atoms with van der Waals surface area (Å²) in [5.41, 5.74) is 28.7. The van der Waals surface area contributed by atoms with E-state index in [1.165, 1.54) is 144 Å². The summed E-state index contributed by atoms with van der Waals surface area (Å²) in [6.07, 6.45) is 0. The molecule has 0 atom stereocenters. The Morgan fingerprint density at radius 1 is 0.195 bits per heavy atom. The molecule has 0 aliphatic heterocycles. The highest BCUT2D eigenvalue weighted by Crippen LogP contribution is 2.58. The smallest absolute Gasteiger partial charge is 0.0719 e. The van der Waals surface area contributed by atoms with Crippen LogP contribution in [0.2, 0.25) is 0 Å². The van der Waals surface area contributed by atoms with Gasteiger partial charge in [-0.2, -0.15) is 0 Å². The Bertz CT molecular complexity index is 5250. The number of nitrogens with zero attached hydrogens (tertiary/aromatic N) is 2.